The number of aromatic carboxylic acids is 1. The highest BCUT2D eigenvalue weighted by molar-refractivity contribution is 6.08. The summed E-state index contributed by atoms with van der Waals surface area (Å²) in [6.07, 6.45) is 2.90. The maximum atomic E-state index is 11.2. The largest absolute Gasteiger partial charge is 0.477 e. The number of carboxylic acids is 1. The number of aromatic nitrogens is 1. The Balaban J connectivity index is 1.57. The van der Waals surface area contributed by atoms with Crippen LogP contribution in [0.25, 0.3) is 21.5 Å². The van der Waals surface area contributed by atoms with E-state index in [4.69, 9.17) is 0 Å². The number of nitrogens with zero attached hydrogens (tertiary/aromatic N) is 1. The molecule has 27 heavy (non-hydrogen) atoms. The van der Waals surface area contributed by atoms with Crippen molar-refractivity contribution in [3.63, 3.8) is 0 Å². The maximum Gasteiger partial charge on any atom is 0.354 e. The molecule has 0 saturated heterocycles. The Morgan fingerprint density at radius 3 is 2.63 bits per heavy atom. The van der Waals surface area contributed by atoms with Crippen molar-refractivity contribution in [3.05, 3.63) is 89.2 Å². The monoisotopic (exact) mass is 353 g/mol. The Morgan fingerprint density at radius 2 is 1.74 bits per heavy atom. The Labute approximate surface area is 157 Å². The fourth-order valence-corrected chi connectivity index (χ4v) is 4.42. The quantitative estimate of drug-likeness (QED) is 0.494. The van der Waals surface area contributed by atoms with Crippen LogP contribution in [0.5, 0.6) is 0 Å². The van der Waals surface area contributed by atoms with Crippen molar-refractivity contribution in [2.75, 3.05) is 0 Å². The van der Waals surface area contributed by atoms with Gasteiger partial charge in [-0.15, -0.1) is 0 Å². The van der Waals surface area contributed by atoms with Gasteiger partial charge in [0, 0.05) is 11.6 Å². The van der Waals surface area contributed by atoms with E-state index in [1.165, 1.54) is 32.7 Å². The van der Waals surface area contributed by atoms with Gasteiger partial charge < -0.3 is 5.11 Å². The normalized spacial score (nSPS) is 16.4. The summed E-state index contributed by atoms with van der Waals surface area (Å²) < 4.78 is 0. The number of rotatable bonds is 2. The second-order valence-corrected chi connectivity index (χ2v) is 7.28. The van der Waals surface area contributed by atoms with Gasteiger partial charge in [-0.25, -0.2) is 9.78 Å². The first-order valence-corrected chi connectivity index (χ1v) is 9.33. The van der Waals surface area contributed by atoms with E-state index in [0.717, 1.165) is 25.0 Å². The van der Waals surface area contributed by atoms with Crippen molar-refractivity contribution in [3.8, 4) is 0 Å². The van der Waals surface area contributed by atoms with E-state index >= 15 is 0 Å². The second-order valence-electron chi connectivity index (χ2n) is 7.28. The van der Waals surface area contributed by atoms with Gasteiger partial charge in [-0.05, 0) is 64.1 Å². The molecule has 1 unspecified atom stereocenters. The molecule has 5 rings (SSSR count). The van der Waals surface area contributed by atoms with Crippen LogP contribution < -0.4 is 0 Å². The summed E-state index contributed by atoms with van der Waals surface area (Å²) in [5.74, 6) is -0.694. The third-order valence-corrected chi connectivity index (χ3v) is 5.75. The molecule has 1 heterocycles. The first-order chi connectivity index (χ1) is 13.2. The van der Waals surface area contributed by atoms with Crippen molar-refractivity contribution < 1.29 is 9.90 Å². The van der Waals surface area contributed by atoms with Crippen molar-refractivity contribution in [1.29, 1.82) is 0 Å². The number of hydrogen-bond acceptors (Lipinski definition) is 2. The third kappa shape index (κ3) is 2.67. The lowest BCUT2D eigenvalue weighted by Gasteiger charge is -2.26. The zero-order valence-corrected chi connectivity index (χ0v) is 14.9. The van der Waals surface area contributed by atoms with Crippen LogP contribution in [0.2, 0.25) is 0 Å². The molecule has 0 fully saturated rings. The van der Waals surface area contributed by atoms with E-state index < -0.39 is 5.97 Å². The zero-order chi connectivity index (χ0) is 18.4. The molecule has 0 bridgehead atoms. The molecule has 0 aliphatic heterocycles. The molecule has 3 aromatic carbocycles. The lowest BCUT2D eigenvalue weighted by molar-refractivity contribution is 0.0690. The molecule has 1 aromatic heterocycles. The second kappa shape index (κ2) is 6.20. The molecule has 0 amide bonds. The highest BCUT2D eigenvalue weighted by Gasteiger charge is 2.23. The zero-order valence-electron chi connectivity index (χ0n) is 14.9. The Morgan fingerprint density at radius 1 is 0.889 bits per heavy atom. The summed E-state index contributed by atoms with van der Waals surface area (Å²) in [5, 5.41) is 14.4. The van der Waals surface area contributed by atoms with Gasteiger partial charge in [0.25, 0.3) is 0 Å². The van der Waals surface area contributed by atoms with Gasteiger partial charge in [0.1, 0.15) is 5.69 Å². The Kier molecular flexibility index (Phi) is 3.68. The minimum atomic E-state index is -0.967. The molecule has 1 aliphatic rings. The van der Waals surface area contributed by atoms with Crippen LogP contribution in [0.4, 0.5) is 0 Å². The minimum absolute atomic E-state index is 0.128. The number of carboxylic acid groups (broad SMARTS) is 1. The summed E-state index contributed by atoms with van der Waals surface area (Å²) >= 11 is 0. The molecule has 1 N–H and O–H groups in total. The highest BCUT2D eigenvalue weighted by Crippen LogP contribution is 2.37. The molecule has 1 aliphatic carbocycles. The SMILES string of the molecule is O=C(O)c1cccc(C2CCc3c(ccc4c3ccc3ccccc34)C2)n1. The van der Waals surface area contributed by atoms with Crippen LogP contribution in [0, 0.1) is 0 Å². The smallest absolute Gasteiger partial charge is 0.354 e. The predicted octanol–water partition coefficient (Wildman–Crippen LogP) is 5.36. The molecule has 1 atom stereocenters. The summed E-state index contributed by atoms with van der Waals surface area (Å²) in [6.45, 7) is 0. The van der Waals surface area contributed by atoms with Gasteiger partial charge in [0.15, 0.2) is 0 Å². The molecule has 0 spiro atoms. The van der Waals surface area contributed by atoms with Crippen LogP contribution in [-0.4, -0.2) is 16.1 Å². The Hall–Kier alpha value is -3.20. The molecule has 0 saturated carbocycles. The van der Waals surface area contributed by atoms with Crippen LogP contribution in [0.3, 0.4) is 0 Å². The lowest BCUT2D eigenvalue weighted by atomic mass is 9.79. The van der Waals surface area contributed by atoms with Crippen LogP contribution in [0.15, 0.2) is 66.7 Å². The van der Waals surface area contributed by atoms with E-state index in [-0.39, 0.29) is 11.6 Å². The van der Waals surface area contributed by atoms with Crippen LogP contribution in [-0.2, 0) is 12.8 Å². The van der Waals surface area contributed by atoms with E-state index in [1.54, 1.807) is 12.1 Å². The van der Waals surface area contributed by atoms with Gasteiger partial charge in [0.2, 0.25) is 0 Å². The summed E-state index contributed by atoms with van der Waals surface area (Å²) in [7, 11) is 0. The van der Waals surface area contributed by atoms with Gasteiger partial charge in [0.05, 0.1) is 0 Å². The van der Waals surface area contributed by atoms with Crippen LogP contribution in [0.1, 0.15) is 39.6 Å². The fourth-order valence-electron chi connectivity index (χ4n) is 4.42. The van der Waals surface area contributed by atoms with Crippen LogP contribution >= 0.6 is 0 Å². The average molecular weight is 353 g/mol. The number of fused-ring (bicyclic) bond motifs is 5. The van der Waals surface area contributed by atoms with Gasteiger partial charge >= 0.3 is 5.97 Å². The predicted molar refractivity (Wildman–Crippen MR) is 107 cm³/mol. The van der Waals surface area contributed by atoms with Crippen molar-refractivity contribution in [2.45, 2.75) is 25.2 Å². The van der Waals surface area contributed by atoms with Crippen molar-refractivity contribution in [1.82, 2.24) is 4.98 Å². The number of pyridine rings is 1. The first-order valence-electron chi connectivity index (χ1n) is 9.33. The van der Waals surface area contributed by atoms with E-state index in [1.807, 2.05) is 6.07 Å². The fraction of sp³-hybridized carbons (Fsp3) is 0.167. The molecular weight excluding hydrogens is 334 g/mol. The molecule has 3 heteroatoms. The molecule has 0 radical (unpaired) electrons. The first kappa shape index (κ1) is 16.0. The topological polar surface area (TPSA) is 50.2 Å². The van der Waals surface area contributed by atoms with E-state index in [0.29, 0.717) is 0 Å². The maximum absolute atomic E-state index is 11.2. The highest BCUT2D eigenvalue weighted by atomic mass is 16.4. The number of aryl methyl sites for hydroxylation is 1. The van der Waals surface area contributed by atoms with Crippen molar-refractivity contribution in [2.24, 2.45) is 0 Å². The van der Waals surface area contributed by atoms with Gasteiger partial charge in [-0.3, -0.25) is 0 Å². The van der Waals surface area contributed by atoms with E-state index in [2.05, 4.69) is 53.5 Å². The molecular formula is C24H19NO2. The minimum Gasteiger partial charge on any atom is -0.477 e. The number of benzene rings is 3. The number of carbonyl (C=O) groups is 1. The summed E-state index contributed by atoms with van der Waals surface area (Å²) in [5.41, 5.74) is 3.81. The van der Waals surface area contributed by atoms with E-state index in [9.17, 15) is 9.90 Å². The Bertz CT molecular complexity index is 1200. The third-order valence-electron chi connectivity index (χ3n) is 5.75. The van der Waals surface area contributed by atoms with Crippen molar-refractivity contribution >= 4 is 27.5 Å². The van der Waals surface area contributed by atoms with Gasteiger partial charge in [-0.1, -0.05) is 54.6 Å². The lowest BCUT2D eigenvalue weighted by Crippen LogP contribution is -2.15. The number of hydrogen-bond donors (Lipinski definition) is 1. The molecule has 4 aromatic rings. The molecule has 3 nitrogen and oxygen atoms in total. The van der Waals surface area contributed by atoms with Gasteiger partial charge in [-0.2, -0.15) is 0 Å². The molecule has 132 valence electrons. The average Bonchev–Trinajstić information content (AvgIpc) is 2.73. The standard InChI is InChI=1S/C24H19NO2/c26-24(27)23-7-3-6-22(25-23)17-10-11-19-16(14-17)9-13-20-18-5-2-1-4-15(18)8-12-21(19)20/h1-9,12-13,17H,10-11,14H2,(H,26,27). The summed E-state index contributed by atoms with van der Waals surface area (Å²) in [4.78, 5) is 15.6. The summed E-state index contributed by atoms with van der Waals surface area (Å²) in [6, 6.07) is 22.8.